The number of hydrazine groups is 1. The molecule has 0 aliphatic heterocycles. The molecule has 0 aliphatic rings. The molecule has 0 aromatic rings. The summed E-state index contributed by atoms with van der Waals surface area (Å²) in [6.45, 7) is 10.2. The van der Waals surface area contributed by atoms with E-state index < -0.39 is 5.41 Å². The van der Waals surface area contributed by atoms with Crippen LogP contribution in [0.5, 0.6) is 0 Å². The van der Waals surface area contributed by atoms with E-state index in [0.29, 0.717) is 12.5 Å². The quantitative estimate of drug-likeness (QED) is 0.398. The molecule has 0 spiro atoms. The van der Waals surface area contributed by atoms with Crippen molar-refractivity contribution in [3.63, 3.8) is 0 Å². The van der Waals surface area contributed by atoms with Crippen LogP contribution in [0.2, 0.25) is 0 Å². The maximum absolute atomic E-state index is 11.3. The maximum atomic E-state index is 11.3. The fourth-order valence-corrected chi connectivity index (χ4v) is 0.793. The molecular formula is C10H22N2O2. The number of rotatable bonds is 5. The van der Waals surface area contributed by atoms with E-state index in [4.69, 9.17) is 10.6 Å². The van der Waals surface area contributed by atoms with E-state index in [1.807, 2.05) is 20.8 Å². The fourth-order valence-electron chi connectivity index (χ4n) is 0.793. The van der Waals surface area contributed by atoms with E-state index in [0.717, 1.165) is 0 Å². The van der Waals surface area contributed by atoms with Crippen LogP contribution in [-0.4, -0.2) is 18.6 Å². The Kier molecular flexibility index (Phi) is 5.08. The first-order valence-electron chi connectivity index (χ1n) is 4.94. The normalized spacial score (nSPS) is 14.2. The van der Waals surface area contributed by atoms with Crippen molar-refractivity contribution < 1.29 is 9.53 Å². The average molecular weight is 202 g/mol. The van der Waals surface area contributed by atoms with Crippen molar-refractivity contribution in [3.05, 3.63) is 0 Å². The molecule has 0 aromatic carbocycles. The van der Waals surface area contributed by atoms with Crippen LogP contribution in [0.1, 0.15) is 34.6 Å². The summed E-state index contributed by atoms with van der Waals surface area (Å²) < 4.78 is 5.57. The molecule has 0 bridgehead atoms. The first kappa shape index (κ1) is 13.4. The predicted octanol–water partition coefficient (Wildman–Crippen LogP) is 1.06. The van der Waals surface area contributed by atoms with Crippen LogP contribution in [0, 0.1) is 11.3 Å². The molecule has 0 rings (SSSR count). The topological polar surface area (TPSA) is 64.3 Å². The molecule has 1 unspecified atom stereocenters. The van der Waals surface area contributed by atoms with Gasteiger partial charge in [-0.25, -0.2) is 5.84 Å². The molecule has 0 aromatic heterocycles. The SMILES string of the molecule is CC(C)C(C)OCC(C)(C)C(=O)NN. The van der Waals surface area contributed by atoms with Gasteiger partial charge in [-0.3, -0.25) is 10.2 Å². The van der Waals surface area contributed by atoms with Crippen molar-refractivity contribution in [1.82, 2.24) is 5.43 Å². The summed E-state index contributed by atoms with van der Waals surface area (Å²) >= 11 is 0. The summed E-state index contributed by atoms with van der Waals surface area (Å²) in [4.78, 5) is 11.3. The van der Waals surface area contributed by atoms with Gasteiger partial charge in [0.15, 0.2) is 0 Å². The minimum absolute atomic E-state index is 0.153. The molecule has 84 valence electrons. The number of hydrogen-bond acceptors (Lipinski definition) is 3. The Morgan fingerprint density at radius 1 is 1.43 bits per heavy atom. The van der Waals surface area contributed by atoms with E-state index >= 15 is 0 Å². The third-order valence-corrected chi connectivity index (χ3v) is 2.39. The smallest absolute Gasteiger partial charge is 0.241 e. The molecular weight excluding hydrogens is 180 g/mol. The molecule has 0 heterocycles. The first-order valence-corrected chi connectivity index (χ1v) is 4.94. The van der Waals surface area contributed by atoms with Gasteiger partial charge < -0.3 is 4.74 Å². The highest BCUT2D eigenvalue weighted by molar-refractivity contribution is 5.81. The molecule has 0 saturated heterocycles. The van der Waals surface area contributed by atoms with Gasteiger partial charge in [0.2, 0.25) is 5.91 Å². The van der Waals surface area contributed by atoms with Crippen LogP contribution in [0.4, 0.5) is 0 Å². The van der Waals surface area contributed by atoms with Crippen molar-refractivity contribution in [2.75, 3.05) is 6.61 Å². The van der Waals surface area contributed by atoms with Crippen LogP contribution in [0.25, 0.3) is 0 Å². The lowest BCUT2D eigenvalue weighted by Crippen LogP contribution is -2.44. The lowest BCUT2D eigenvalue weighted by molar-refractivity contribution is -0.134. The standard InChI is InChI=1S/C10H22N2O2/c1-7(2)8(3)14-6-10(4,5)9(13)12-11/h7-8H,6,11H2,1-5H3,(H,12,13). The van der Waals surface area contributed by atoms with Crippen molar-refractivity contribution in [1.29, 1.82) is 0 Å². The van der Waals surface area contributed by atoms with E-state index in [2.05, 4.69) is 19.3 Å². The monoisotopic (exact) mass is 202 g/mol. The molecule has 1 atom stereocenters. The maximum Gasteiger partial charge on any atom is 0.241 e. The summed E-state index contributed by atoms with van der Waals surface area (Å²) in [6.07, 6.45) is 0.153. The van der Waals surface area contributed by atoms with Crippen LogP contribution >= 0.6 is 0 Å². The van der Waals surface area contributed by atoms with Gasteiger partial charge in [-0.2, -0.15) is 0 Å². The summed E-state index contributed by atoms with van der Waals surface area (Å²) in [5.74, 6) is 5.32. The number of carbonyl (C=O) groups is 1. The summed E-state index contributed by atoms with van der Waals surface area (Å²) in [6, 6.07) is 0. The number of nitrogens with two attached hydrogens (primary N) is 1. The van der Waals surface area contributed by atoms with E-state index in [9.17, 15) is 4.79 Å². The molecule has 0 radical (unpaired) electrons. The summed E-state index contributed by atoms with van der Waals surface area (Å²) in [5.41, 5.74) is 1.57. The van der Waals surface area contributed by atoms with E-state index in [1.165, 1.54) is 0 Å². The van der Waals surface area contributed by atoms with Gasteiger partial charge in [-0.1, -0.05) is 13.8 Å². The second-order valence-corrected chi connectivity index (χ2v) is 4.62. The molecule has 14 heavy (non-hydrogen) atoms. The predicted molar refractivity (Wildman–Crippen MR) is 56.4 cm³/mol. The van der Waals surface area contributed by atoms with E-state index in [-0.39, 0.29) is 12.0 Å². The molecule has 1 amide bonds. The minimum atomic E-state index is -0.572. The Bertz CT molecular complexity index is 191. The van der Waals surface area contributed by atoms with Gasteiger partial charge >= 0.3 is 0 Å². The van der Waals surface area contributed by atoms with Crippen molar-refractivity contribution in [2.24, 2.45) is 17.2 Å². The Morgan fingerprint density at radius 2 is 1.93 bits per heavy atom. The highest BCUT2D eigenvalue weighted by Gasteiger charge is 2.28. The van der Waals surface area contributed by atoms with Gasteiger partial charge in [-0.05, 0) is 26.7 Å². The number of ether oxygens (including phenoxy) is 1. The highest BCUT2D eigenvalue weighted by Crippen LogP contribution is 2.17. The van der Waals surface area contributed by atoms with Gasteiger partial charge in [-0.15, -0.1) is 0 Å². The third-order valence-electron chi connectivity index (χ3n) is 2.39. The van der Waals surface area contributed by atoms with Gasteiger partial charge in [0.1, 0.15) is 0 Å². The van der Waals surface area contributed by atoms with Crippen LogP contribution in [0.15, 0.2) is 0 Å². The van der Waals surface area contributed by atoms with Gasteiger partial charge in [0.25, 0.3) is 0 Å². The Morgan fingerprint density at radius 3 is 2.29 bits per heavy atom. The second-order valence-electron chi connectivity index (χ2n) is 4.62. The van der Waals surface area contributed by atoms with Crippen molar-refractivity contribution in [3.8, 4) is 0 Å². The summed E-state index contributed by atoms with van der Waals surface area (Å²) in [5, 5.41) is 0. The zero-order valence-electron chi connectivity index (χ0n) is 9.76. The second kappa shape index (κ2) is 5.32. The van der Waals surface area contributed by atoms with Crippen LogP contribution < -0.4 is 11.3 Å². The zero-order valence-corrected chi connectivity index (χ0v) is 9.76. The molecule has 0 fully saturated rings. The number of carbonyl (C=O) groups excluding carboxylic acids is 1. The third kappa shape index (κ3) is 4.07. The minimum Gasteiger partial charge on any atom is -0.377 e. The average Bonchev–Trinajstić information content (AvgIpc) is 2.12. The van der Waals surface area contributed by atoms with Crippen molar-refractivity contribution in [2.45, 2.75) is 40.7 Å². The molecule has 3 N–H and O–H groups in total. The largest absolute Gasteiger partial charge is 0.377 e. The first-order chi connectivity index (χ1) is 6.31. The molecule has 0 saturated carbocycles. The van der Waals surface area contributed by atoms with Gasteiger partial charge in [0.05, 0.1) is 18.1 Å². The Labute approximate surface area is 86.2 Å². The van der Waals surface area contributed by atoms with Crippen LogP contribution in [0.3, 0.4) is 0 Å². The Balaban J connectivity index is 4.05. The molecule has 4 nitrogen and oxygen atoms in total. The highest BCUT2D eigenvalue weighted by atomic mass is 16.5. The van der Waals surface area contributed by atoms with Crippen LogP contribution in [-0.2, 0) is 9.53 Å². The lowest BCUT2D eigenvalue weighted by Gasteiger charge is -2.25. The van der Waals surface area contributed by atoms with Crippen molar-refractivity contribution >= 4 is 5.91 Å². The summed E-state index contributed by atoms with van der Waals surface area (Å²) in [7, 11) is 0. The fraction of sp³-hybridized carbons (Fsp3) is 0.900. The zero-order chi connectivity index (χ0) is 11.4. The molecule has 4 heteroatoms. The Hall–Kier alpha value is -0.610. The number of hydrogen-bond donors (Lipinski definition) is 2. The van der Waals surface area contributed by atoms with E-state index in [1.54, 1.807) is 0 Å². The van der Waals surface area contributed by atoms with Gasteiger partial charge in [0, 0.05) is 0 Å². The number of amides is 1. The molecule has 0 aliphatic carbocycles. The number of nitrogens with one attached hydrogen (secondary N) is 1. The lowest BCUT2D eigenvalue weighted by atomic mass is 9.94.